The minimum Gasteiger partial charge on any atom is -0.110 e. The van der Waals surface area contributed by atoms with Crippen LogP contribution in [0.4, 0.5) is 0 Å². The Morgan fingerprint density at radius 2 is 0.440 bits per heavy atom. The minimum absolute atomic E-state index is 0.0255. The normalized spacial score (nSPS) is 11.5. The van der Waals surface area contributed by atoms with Crippen LogP contribution in [0, 0.1) is 0 Å². The van der Waals surface area contributed by atoms with Gasteiger partial charge in [-0.2, -0.15) is 0 Å². The molecule has 0 aromatic heterocycles. The number of hydrogen-bond donors (Lipinski definition) is 0. The Hall–Kier alpha value is -3.77. The van der Waals surface area contributed by atoms with Crippen LogP contribution in [0.2, 0.25) is 0 Å². The smallest absolute Gasteiger partial charge is 0.110 e. The molecule has 0 saturated heterocycles. The first kappa shape index (κ1) is 34.7. The first-order chi connectivity index (χ1) is 23.7. The zero-order valence-corrected chi connectivity index (χ0v) is 26.9. The topological polar surface area (TPSA) is 0 Å². The largest absolute Gasteiger partial charge is 0.113 e. The van der Waals surface area contributed by atoms with E-state index in [1.807, 2.05) is 60.7 Å². The fourth-order valence-electron chi connectivity index (χ4n) is 7.14. The second-order valence-electron chi connectivity index (χ2n) is 12.3. The zero-order valence-electron chi connectivity index (χ0n) is 26.9. The van der Waals surface area contributed by atoms with Crippen molar-refractivity contribution in [1.82, 2.24) is 0 Å². The van der Waals surface area contributed by atoms with Crippen molar-refractivity contribution < 1.29 is 0 Å². The number of benzene rings is 7. The van der Waals surface area contributed by atoms with Crippen LogP contribution in [0.25, 0.3) is 65.7 Å². The van der Waals surface area contributed by atoms with Crippen LogP contribution in [0.3, 0.4) is 0 Å². The van der Waals surface area contributed by atoms with E-state index in [9.17, 15) is 0 Å². The Bertz CT molecular complexity index is 2540. The van der Waals surface area contributed by atoms with E-state index in [4.69, 9.17) is 110 Å². The van der Waals surface area contributed by atoms with E-state index < -0.39 is 0 Å². The molecule has 0 bridgehead atoms. The lowest BCUT2D eigenvalue weighted by molar-refractivity contribution is 1.69. The molecule has 0 aliphatic rings. The van der Waals surface area contributed by atoms with Gasteiger partial charge in [0.05, 0.1) is 0 Å². The maximum Gasteiger partial charge on any atom is 0.113 e. The predicted molar refractivity (Wildman–Crippen MR) is 231 cm³/mol. The Kier molecular flexibility index (Phi) is 8.65. The van der Waals surface area contributed by atoms with E-state index in [0.29, 0.717) is 60.1 Å². The van der Waals surface area contributed by atoms with Crippen LogP contribution in [-0.4, -0.2) is 110 Å². The van der Waals surface area contributed by atoms with Gasteiger partial charge in [0.2, 0.25) is 0 Å². The van der Waals surface area contributed by atoms with Gasteiger partial charge in [0, 0.05) is 0 Å². The highest BCUT2D eigenvalue weighted by atomic mass is 14.3. The second kappa shape index (κ2) is 12.5. The van der Waals surface area contributed by atoms with Gasteiger partial charge in [0.1, 0.15) is 110 Å². The van der Waals surface area contributed by atoms with Crippen molar-refractivity contribution in [3.63, 3.8) is 0 Å². The number of fused-ring (bicyclic) bond motifs is 3. The summed E-state index contributed by atoms with van der Waals surface area (Å²) in [6.45, 7) is 0. The highest BCUT2D eigenvalue weighted by Crippen LogP contribution is 2.42. The average Bonchev–Trinajstić information content (AvgIpc) is 3.13. The third kappa shape index (κ3) is 4.73. The number of rotatable bonds is 3. The summed E-state index contributed by atoms with van der Waals surface area (Å²) in [5, 5.41) is 2.14. The van der Waals surface area contributed by atoms with Crippen molar-refractivity contribution in [2.24, 2.45) is 0 Å². The Balaban J connectivity index is 1.92. The summed E-state index contributed by atoms with van der Waals surface area (Å²) in [6, 6.07) is 18.6. The highest BCUT2D eigenvalue weighted by Gasteiger charge is 2.28. The molecule has 0 N–H and O–H groups in total. The Morgan fingerprint density at radius 1 is 0.200 bits per heavy atom. The molecule has 28 radical (unpaired) electrons. The fraction of sp³-hybridized carbons (Fsp3) is 0. The lowest BCUT2D eigenvalue weighted by Crippen LogP contribution is -2.50. The van der Waals surface area contributed by atoms with Gasteiger partial charge < -0.3 is 0 Å². The molecule has 0 aliphatic carbocycles. The Morgan fingerprint density at radius 3 is 0.780 bits per heavy atom. The molecule has 50 heavy (non-hydrogen) atoms. The van der Waals surface area contributed by atoms with Crippen LogP contribution < -0.4 is 76.5 Å². The van der Waals surface area contributed by atoms with E-state index in [0.717, 1.165) is 0 Å². The first-order valence-corrected chi connectivity index (χ1v) is 15.4. The van der Waals surface area contributed by atoms with Gasteiger partial charge in [-0.05, 0) is 65.7 Å². The van der Waals surface area contributed by atoms with Crippen molar-refractivity contribution >= 4 is 219 Å². The van der Waals surface area contributed by atoms with Gasteiger partial charge >= 0.3 is 0 Å². The lowest BCUT2D eigenvalue weighted by Gasteiger charge is -2.32. The molecule has 7 rings (SSSR count). The van der Waals surface area contributed by atoms with Crippen molar-refractivity contribution in [2.75, 3.05) is 0 Å². The van der Waals surface area contributed by atoms with E-state index in [-0.39, 0.29) is 82.0 Å². The zero-order chi connectivity index (χ0) is 36.1. The molecule has 7 aromatic carbocycles. The maximum absolute atomic E-state index is 7.12. The fourth-order valence-corrected chi connectivity index (χ4v) is 7.14. The molecular weight excluding hydrogens is 584 g/mol. The molecule has 0 heterocycles. The third-order valence-electron chi connectivity index (χ3n) is 9.68. The number of hydrogen-bond acceptors (Lipinski definition) is 0. The molecule has 0 amide bonds. The van der Waals surface area contributed by atoms with Crippen LogP contribution in [-0.2, 0) is 0 Å². The Labute approximate surface area is 311 Å². The van der Waals surface area contributed by atoms with Crippen LogP contribution in [0.15, 0.2) is 60.7 Å². The van der Waals surface area contributed by atoms with E-state index in [1.54, 1.807) is 0 Å². The molecule has 0 saturated carbocycles. The monoisotopic (exact) mass is 596 g/mol. The molecule has 0 unspecified atom stereocenters. The molecule has 196 valence electrons. The van der Waals surface area contributed by atoms with Crippen LogP contribution in [0.1, 0.15) is 0 Å². The summed E-state index contributed by atoms with van der Waals surface area (Å²) in [5.41, 5.74) is 4.05. The van der Waals surface area contributed by atoms with Crippen molar-refractivity contribution in [2.45, 2.75) is 0 Å². The van der Waals surface area contributed by atoms with Gasteiger partial charge in [-0.15, -0.1) is 32.8 Å². The summed E-state index contributed by atoms with van der Waals surface area (Å²) in [7, 11) is 94.6. The minimum atomic E-state index is 0.0255. The SMILES string of the molecule is [B]c1c([B])c([B])c2c(-c3c4c([B])c([B])c([B])c([B])c4c(-c4ccccc4)c4c([B])c([B])c([B])c([B])c34)c([B])c([B])c(-c3ccccc3)c2c1[B]. The average molecular weight is 594 g/mol. The van der Waals surface area contributed by atoms with Gasteiger partial charge in [-0.1, -0.05) is 104 Å². The molecule has 0 nitrogen and oxygen atoms in total. The van der Waals surface area contributed by atoms with E-state index in [1.165, 1.54) is 0 Å². The maximum atomic E-state index is 7.12. The second-order valence-corrected chi connectivity index (χ2v) is 12.3. The molecule has 14 heteroatoms. The van der Waals surface area contributed by atoms with Crippen LogP contribution >= 0.6 is 0 Å². The third-order valence-corrected chi connectivity index (χ3v) is 9.68. The van der Waals surface area contributed by atoms with E-state index >= 15 is 0 Å². The summed E-state index contributed by atoms with van der Waals surface area (Å²) in [4.78, 5) is 0. The van der Waals surface area contributed by atoms with Gasteiger partial charge in [-0.3, -0.25) is 0 Å². The molecular formula is C36H10B14. The van der Waals surface area contributed by atoms with Gasteiger partial charge in [-0.25, -0.2) is 0 Å². The molecule has 7 aromatic rings. The summed E-state index contributed by atoms with van der Waals surface area (Å²) in [6.07, 6.45) is 0. The summed E-state index contributed by atoms with van der Waals surface area (Å²) in [5.74, 6) is 0. The van der Waals surface area contributed by atoms with Crippen LogP contribution in [0.5, 0.6) is 0 Å². The summed E-state index contributed by atoms with van der Waals surface area (Å²) >= 11 is 0. The van der Waals surface area contributed by atoms with E-state index in [2.05, 4.69) is 0 Å². The van der Waals surface area contributed by atoms with Gasteiger partial charge in [0.15, 0.2) is 0 Å². The predicted octanol–water partition coefficient (Wildman–Crippen LogP) is -6.74. The first-order valence-electron chi connectivity index (χ1n) is 15.4. The molecule has 0 aliphatic heterocycles. The molecule has 0 spiro atoms. The van der Waals surface area contributed by atoms with Crippen molar-refractivity contribution in [3.05, 3.63) is 60.7 Å². The highest BCUT2D eigenvalue weighted by molar-refractivity contribution is 6.73. The van der Waals surface area contributed by atoms with Gasteiger partial charge in [0.25, 0.3) is 0 Å². The summed E-state index contributed by atoms with van der Waals surface area (Å²) < 4.78 is 0. The lowest BCUT2D eigenvalue weighted by atomic mass is 9.57. The molecule has 0 atom stereocenters. The standard InChI is InChI=1S/C36H10B14/c37-23-14(12-9-5-2-6-10-12)18-22(30(44)36(50)33(47)27(18)41)21(24(23)38)15-19-16(25(39)31(45)34(48)28(19)42)13(11-7-3-1-4-8-11)17-20(15)29(43)35(49)32(46)26(17)40/h1-10H. The van der Waals surface area contributed by atoms with Crippen molar-refractivity contribution in [1.29, 1.82) is 0 Å². The van der Waals surface area contributed by atoms with Crippen molar-refractivity contribution in [3.8, 4) is 33.4 Å². The molecule has 0 fully saturated rings. The quantitative estimate of drug-likeness (QED) is 0.141.